The first-order chi connectivity index (χ1) is 5.39. The third kappa shape index (κ3) is 1.42. The Kier molecular flexibility index (Phi) is 3.26. The lowest BCUT2D eigenvalue weighted by Crippen LogP contribution is -2.39. The summed E-state index contributed by atoms with van der Waals surface area (Å²) in [5.74, 6) is -1.35. The number of carboxylic acids is 1. The average Bonchev–Trinajstić information content (AvgIpc) is 1.86. The van der Waals surface area contributed by atoms with Crippen molar-refractivity contribution in [3.63, 3.8) is 0 Å². The summed E-state index contributed by atoms with van der Waals surface area (Å²) in [6.45, 7) is 7.04. The molecule has 0 amide bonds. The molecule has 0 atom stereocenters. The monoisotopic (exact) mass is 169 g/mol. The van der Waals surface area contributed by atoms with E-state index in [-0.39, 0.29) is 11.8 Å². The van der Waals surface area contributed by atoms with Crippen molar-refractivity contribution in [3.8, 4) is 6.07 Å². The van der Waals surface area contributed by atoms with Crippen molar-refractivity contribution in [2.45, 2.75) is 27.7 Å². The number of carbonyl (C=O) groups is 1. The predicted octanol–water partition coefficient (Wildman–Crippen LogP) is 1.89. The van der Waals surface area contributed by atoms with E-state index < -0.39 is 11.4 Å². The van der Waals surface area contributed by atoms with Crippen LogP contribution in [0.5, 0.6) is 0 Å². The zero-order chi connectivity index (χ0) is 9.94. The molecule has 1 N–H and O–H groups in total. The fourth-order valence-corrected chi connectivity index (χ4v) is 1.47. The van der Waals surface area contributed by atoms with Crippen LogP contribution in [-0.4, -0.2) is 11.1 Å². The van der Waals surface area contributed by atoms with Gasteiger partial charge in [0.2, 0.25) is 0 Å². The minimum Gasteiger partial charge on any atom is -0.480 e. The molecule has 0 saturated heterocycles. The predicted molar refractivity (Wildman–Crippen MR) is 45.4 cm³/mol. The van der Waals surface area contributed by atoms with Crippen LogP contribution in [0.2, 0.25) is 0 Å². The molecular formula is C9H15NO2. The maximum atomic E-state index is 10.9. The van der Waals surface area contributed by atoms with E-state index in [1.165, 1.54) is 0 Å². The third-order valence-corrected chi connectivity index (χ3v) is 2.36. The number of aliphatic carboxylic acids is 1. The molecule has 68 valence electrons. The molecule has 0 rings (SSSR count). The number of carboxylic acid groups (broad SMARTS) is 1. The molecule has 0 aliphatic heterocycles. The highest BCUT2D eigenvalue weighted by Gasteiger charge is 2.45. The summed E-state index contributed by atoms with van der Waals surface area (Å²) in [7, 11) is 0. The van der Waals surface area contributed by atoms with E-state index in [0.717, 1.165) is 0 Å². The second kappa shape index (κ2) is 3.57. The van der Waals surface area contributed by atoms with Gasteiger partial charge in [-0.25, -0.2) is 0 Å². The van der Waals surface area contributed by atoms with Gasteiger partial charge in [-0.15, -0.1) is 0 Å². The first-order valence-electron chi connectivity index (χ1n) is 4.04. The first-order valence-corrected chi connectivity index (χ1v) is 4.04. The van der Waals surface area contributed by atoms with Crippen molar-refractivity contribution >= 4 is 5.97 Å². The summed E-state index contributed by atoms with van der Waals surface area (Å²) in [6.07, 6.45) is 0. The molecule has 12 heavy (non-hydrogen) atoms. The number of hydrogen-bond acceptors (Lipinski definition) is 2. The summed E-state index contributed by atoms with van der Waals surface area (Å²) in [6, 6.07) is 1.91. The first kappa shape index (κ1) is 11.0. The molecule has 0 heterocycles. The largest absolute Gasteiger partial charge is 0.480 e. The molecule has 0 unspecified atom stereocenters. The van der Waals surface area contributed by atoms with Crippen LogP contribution < -0.4 is 0 Å². The Hall–Kier alpha value is -1.04. The van der Waals surface area contributed by atoms with Gasteiger partial charge in [0.1, 0.15) is 0 Å². The van der Waals surface area contributed by atoms with E-state index in [1.54, 1.807) is 27.7 Å². The smallest absolute Gasteiger partial charge is 0.324 e. The molecule has 0 spiro atoms. The summed E-state index contributed by atoms with van der Waals surface area (Å²) in [5, 5.41) is 17.8. The van der Waals surface area contributed by atoms with Crippen molar-refractivity contribution in [1.29, 1.82) is 5.26 Å². The lowest BCUT2D eigenvalue weighted by Gasteiger charge is -2.29. The van der Waals surface area contributed by atoms with Gasteiger partial charge in [0.05, 0.1) is 6.07 Å². The second-order valence-corrected chi connectivity index (χ2v) is 3.60. The highest BCUT2D eigenvalue weighted by atomic mass is 16.4. The highest BCUT2D eigenvalue weighted by molar-refractivity contribution is 5.78. The lowest BCUT2D eigenvalue weighted by atomic mass is 9.70. The van der Waals surface area contributed by atoms with Crippen LogP contribution in [0.25, 0.3) is 0 Å². The van der Waals surface area contributed by atoms with Gasteiger partial charge in [-0.1, -0.05) is 27.7 Å². The van der Waals surface area contributed by atoms with Crippen molar-refractivity contribution in [3.05, 3.63) is 0 Å². The number of rotatable bonds is 3. The van der Waals surface area contributed by atoms with Crippen molar-refractivity contribution in [1.82, 2.24) is 0 Å². The zero-order valence-electron chi connectivity index (χ0n) is 7.96. The molecule has 0 aromatic carbocycles. The van der Waals surface area contributed by atoms with Gasteiger partial charge in [-0.3, -0.25) is 4.79 Å². The molecule has 0 aromatic rings. The molecule has 0 radical (unpaired) electrons. The van der Waals surface area contributed by atoms with Gasteiger partial charge < -0.3 is 5.11 Å². The topological polar surface area (TPSA) is 61.1 Å². The van der Waals surface area contributed by atoms with Gasteiger partial charge >= 0.3 is 5.97 Å². The summed E-state index contributed by atoms with van der Waals surface area (Å²) in [5.41, 5.74) is -1.24. The molecule has 0 aliphatic rings. The highest BCUT2D eigenvalue weighted by Crippen LogP contribution is 2.35. The van der Waals surface area contributed by atoms with Gasteiger partial charge in [-0.05, 0) is 11.8 Å². The van der Waals surface area contributed by atoms with E-state index in [0.29, 0.717) is 0 Å². The van der Waals surface area contributed by atoms with Crippen molar-refractivity contribution in [2.75, 3.05) is 0 Å². The van der Waals surface area contributed by atoms with E-state index in [4.69, 9.17) is 10.4 Å². The molecule has 0 saturated carbocycles. The van der Waals surface area contributed by atoms with Crippen LogP contribution in [0.3, 0.4) is 0 Å². The van der Waals surface area contributed by atoms with Crippen LogP contribution in [-0.2, 0) is 4.79 Å². The molecule has 0 aromatic heterocycles. The molecule has 0 aliphatic carbocycles. The SMILES string of the molecule is CC(C)C(C#N)(C(=O)O)C(C)C. The van der Waals surface area contributed by atoms with Crippen LogP contribution >= 0.6 is 0 Å². The van der Waals surface area contributed by atoms with E-state index in [1.807, 2.05) is 6.07 Å². The Balaban J connectivity index is 5.08. The van der Waals surface area contributed by atoms with Crippen LogP contribution in [0, 0.1) is 28.6 Å². The maximum Gasteiger partial charge on any atom is 0.324 e. The van der Waals surface area contributed by atoms with Gasteiger partial charge in [-0.2, -0.15) is 5.26 Å². The van der Waals surface area contributed by atoms with Crippen LogP contribution in [0.4, 0.5) is 0 Å². The van der Waals surface area contributed by atoms with Gasteiger partial charge in [0, 0.05) is 0 Å². The van der Waals surface area contributed by atoms with Gasteiger partial charge in [0.25, 0.3) is 0 Å². The molecular weight excluding hydrogens is 154 g/mol. The minimum atomic E-state index is -1.24. The zero-order valence-corrected chi connectivity index (χ0v) is 7.96. The van der Waals surface area contributed by atoms with E-state index in [2.05, 4.69) is 0 Å². The number of hydrogen-bond donors (Lipinski definition) is 1. The lowest BCUT2D eigenvalue weighted by molar-refractivity contribution is -0.150. The molecule has 3 heteroatoms. The molecule has 0 bridgehead atoms. The van der Waals surface area contributed by atoms with E-state index >= 15 is 0 Å². The summed E-state index contributed by atoms with van der Waals surface area (Å²) < 4.78 is 0. The van der Waals surface area contributed by atoms with Crippen LogP contribution in [0.1, 0.15) is 27.7 Å². The Morgan fingerprint density at radius 3 is 1.67 bits per heavy atom. The van der Waals surface area contributed by atoms with Crippen molar-refractivity contribution in [2.24, 2.45) is 17.3 Å². The molecule has 0 fully saturated rings. The summed E-state index contributed by atoms with van der Waals surface area (Å²) in [4.78, 5) is 10.9. The average molecular weight is 169 g/mol. The Labute approximate surface area is 73.0 Å². The second-order valence-electron chi connectivity index (χ2n) is 3.60. The van der Waals surface area contributed by atoms with Crippen molar-refractivity contribution < 1.29 is 9.90 Å². The Morgan fingerprint density at radius 1 is 1.33 bits per heavy atom. The quantitative estimate of drug-likeness (QED) is 0.701. The normalized spacial score (nSPS) is 11.8. The standard InChI is InChI=1S/C9H15NO2/c1-6(2)9(5-10,7(3)4)8(11)12/h6-7H,1-4H3,(H,11,12). The fourth-order valence-electron chi connectivity index (χ4n) is 1.47. The minimum absolute atomic E-state index is 0.167. The number of nitriles is 1. The van der Waals surface area contributed by atoms with Crippen LogP contribution in [0.15, 0.2) is 0 Å². The van der Waals surface area contributed by atoms with E-state index in [9.17, 15) is 4.79 Å². The Bertz CT molecular complexity index is 205. The maximum absolute atomic E-state index is 10.9. The fraction of sp³-hybridized carbons (Fsp3) is 0.778. The Morgan fingerprint density at radius 2 is 1.67 bits per heavy atom. The number of nitrogens with zero attached hydrogens (tertiary/aromatic N) is 1. The third-order valence-electron chi connectivity index (χ3n) is 2.36. The summed E-state index contributed by atoms with van der Waals surface area (Å²) >= 11 is 0. The molecule has 3 nitrogen and oxygen atoms in total. The van der Waals surface area contributed by atoms with Gasteiger partial charge in [0.15, 0.2) is 5.41 Å².